The summed E-state index contributed by atoms with van der Waals surface area (Å²) in [6.07, 6.45) is 8.01. The summed E-state index contributed by atoms with van der Waals surface area (Å²) < 4.78 is 0. The average Bonchev–Trinajstić information content (AvgIpc) is 2.51. The summed E-state index contributed by atoms with van der Waals surface area (Å²) in [7, 11) is 0. The molecule has 1 aromatic carbocycles. The second-order valence-electron chi connectivity index (χ2n) is 9.41. The van der Waals surface area contributed by atoms with Gasteiger partial charge in [0.25, 0.3) is 0 Å². The Hall–Kier alpha value is -1.56. The van der Waals surface area contributed by atoms with Crippen molar-refractivity contribution >= 4 is 0 Å². The molecule has 0 atom stereocenters. The molecule has 1 aliphatic carbocycles. The van der Waals surface area contributed by atoms with E-state index in [0.29, 0.717) is 5.41 Å². The Balaban J connectivity index is 2.40. The molecule has 0 nitrogen and oxygen atoms in total. The Bertz CT molecular complexity index is 736. The van der Waals surface area contributed by atoms with Gasteiger partial charge in [-0.25, -0.2) is 0 Å². The number of aryl methyl sites for hydroxylation is 1. The molecule has 0 heteroatoms. The molecular weight excluding hydrogens is 300 g/mol. The lowest BCUT2D eigenvalue weighted by molar-refractivity contribution is 0.331. The van der Waals surface area contributed by atoms with Gasteiger partial charge in [-0.15, -0.1) is 0 Å². The molecule has 0 aliphatic heterocycles. The highest BCUT2D eigenvalue weighted by Gasteiger charge is 2.37. The van der Waals surface area contributed by atoms with E-state index in [4.69, 9.17) is 0 Å². The average molecular weight is 337 g/mol. The largest absolute Gasteiger partial charge is 0.0958 e. The van der Waals surface area contributed by atoms with Crippen molar-refractivity contribution in [1.29, 1.82) is 0 Å². The highest BCUT2D eigenvalue weighted by atomic mass is 14.4. The van der Waals surface area contributed by atoms with E-state index in [1.165, 1.54) is 35.1 Å². The summed E-state index contributed by atoms with van der Waals surface area (Å²) in [4.78, 5) is 0. The van der Waals surface area contributed by atoms with Crippen LogP contribution in [0.2, 0.25) is 0 Å². The number of allylic oxidation sites excluding steroid dienone is 5. The van der Waals surface area contributed by atoms with Crippen molar-refractivity contribution in [1.82, 2.24) is 0 Å². The van der Waals surface area contributed by atoms with Crippen molar-refractivity contribution < 1.29 is 0 Å². The molecule has 0 heterocycles. The van der Waals surface area contributed by atoms with Crippen LogP contribution in [0.5, 0.6) is 0 Å². The topological polar surface area (TPSA) is 0 Å². The van der Waals surface area contributed by atoms with Gasteiger partial charge in [0.2, 0.25) is 0 Å². The van der Waals surface area contributed by atoms with Gasteiger partial charge in [-0.2, -0.15) is 0 Å². The summed E-state index contributed by atoms with van der Waals surface area (Å²) in [5, 5.41) is 0. The number of fused-ring (bicyclic) bond motifs is 1. The highest BCUT2D eigenvalue weighted by Crippen LogP contribution is 2.46. The van der Waals surface area contributed by atoms with Crippen LogP contribution in [-0.4, -0.2) is 0 Å². The van der Waals surface area contributed by atoms with Crippen LogP contribution in [0.1, 0.15) is 83.6 Å². The van der Waals surface area contributed by atoms with E-state index < -0.39 is 0 Å². The molecule has 0 saturated heterocycles. The third-order valence-electron chi connectivity index (χ3n) is 6.07. The number of rotatable bonds is 4. The Morgan fingerprint density at radius 2 is 1.48 bits per heavy atom. The molecule has 0 aromatic heterocycles. The van der Waals surface area contributed by atoms with E-state index in [0.717, 1.165) is 12.0 Å². The predicted octanol–water partition coefficient (Wildman–Crippen LogP) is 7.36. The maximum atomic E-state index is 4.01. The highest BCUT2D eigenvalue weighted by molar-refractivity contribution is 5.48. The predicted molar refractivity (Wildman–Crippen MR) is 112 cm³/mol. The molecule has 0 fully saturated rings. The summed E-state index contributed by atoms with van der Waals surface area (Å²) >= 11 is 0. The second kappa shape index (κ2) is 6.98. The SMILES string of the molecule is C=C(C)/C(C)=C/C=C(\C)Cc1cc2c(cc1C)C(C)(C)CCC2(C)C. The molecule has 136 valence electrons. The van der Waals surface area contributed by atoms with E-state index >= 15 is 0 Å². The monoisotopic (exact) mass is 336 g/mol. The third kappa shape index (κ3) is 4.35. The van der Waals surface area contributed by atoms with E-state index in [2.05, 4.69) is 86.3 Å². The van der Waals surface area contributed by atoms with Crippen LogP contribution < -0.4 is 0 Å². The van der Waals surface area contributed by atoms with Gasteiger partial charge < -0.3 is 0 Å². The molecule has 0 bridgehead atoms. The lowest BCUT2D eigenvalue weighted by Gasteiger charge is -2.42. The Labute approximate surface area is 155 Å². The molecule has 0 amide bonds. The van der Waals surface area contributed by atoms with E-state index in [1.54, 1.807) is 11.1 Å². The lowest BCUT2D eigenvalue weighted by atomic mass is 9.62. The minimum Gasteiger partial charge on any atom is -0.0958 e. The first-order valence-corrected chi connectivity index (χ1v) is 9.58. The first-order valence-electron chi connectivity index (χ1n) is 9.58. The van der Waals surface area contributed by atoms with Crippen LogP contribution in [0, 0.1) is 6.92 Å². The van der Waals surface area contributed by atoms with Crippen molar-refractivity contribution in [2.24, 2.45) is 0 Å². The van der Waals surface area contributed by atoms with Crippen LogP contribution in [0.3, 0.4) is 0 Å². The Morgan fingerprint density at radius 1 is 0.960 bits per heavy atom. The van der Waals surface area contributed by atoms with Gasteiger partial charge in [-0.1, -0.05) is 69.7 Å². The summed E-state index contributed by atoms with van der Waals surface area (Å²) in [5.41, 5.74) is 10.4. The van der Waals surface area contributed by atoms with Crippen LogP contribution in [-0.2, 0) is 17.3 Å². The summed E-state index contributed by atoms with van der Waals surface area (Å²) in [5.74, 6) is 0. The summed E-state index contributed by atoms with van der Waals surface area (Å²) in [6.45, 7) is 22.3. The fraction of sp³-hybridized carbons (Fsp3) is 0.520. The molecule has 0 unspecified atom stereocenters. The zero-order chi connectivity index (χ0) is 19.0. The number of benzene rings is 1. The van der Waals surface area contributed by atoms with E-state index in [-0.39, 0.29) is 5.41 Å². The molecule has 2 rings (SSSR count). The van der Waals surface area contributed by atoms with Crippen molar-refractivity contribution in [3.8, 4) is 0 Å². The van der Waals surface area contributed by atoms with Crippen molar-refractivity contribution in [2.45, 2.75) is 85.5 Å². The smallest absolute Gasteiger partial charge is 0.00640 e. The second-order valence-corrected chi connectivity index (χ2v) is 9.41. The van der Waals surface area contributed by atoms with Gasteiger partial charge >= 0.3 is 0 Å². The molecular formula is C25H36. The zero-order valence-electron chi connectivity index (χ0n) is 17.6. The van der Waals surface area contributed by atoms with Crippen LogP contribution in [0.4, 0.5) is 0 Å². The van der Waals surface area contributed by atoms with Crippen molar-refractivity contribution in [2.75, 3.05) is 0 Å². The first-order chi connectivity index (χ1) is 11.4. The minimum absolute atomic E-state index is 0.279. The van der Waals surface area contributed by atoms with E-state index in [1.807, 2.05) is 0 Å². The maximum Gasteiger partial charge on any atom is -0.00640 e. The van der Waals surface area contributed by atoms with Gasteiger partial charge in [0.05, 0.1) is 0 Å². The van der Waals surface area contributed by atoms with Crippen LogP contribution in [0.15, 0.2) is 47.6 Å². The zero-order valence-corrected chi connectivity index (χ0v) is 17.6. The van der Waals surface area contributed by atoms with Gasteiger partial charge in [0, 0.05) is 0 Å². The molecule has 25 heavy (non-hydrogen) atoms. The number of hydrogen-bond donors (Lipinski definition) is 0. The van der Waals surface area contributed by atoms with Crippen LogP contribution in [0.25, 0.3) is 0 Å². The standard InChI is InChI=1S/C25H36/c1-17(2)19(4)11-10-18(3)14-21-16-23-22(15-20(21)5)24(6,7)12-13-25(23,8)9/h10-11,15-16H,1,12-14H2,2-9H3/b18-10+,19-11+. The Morgan fingerprint density at radius 3 is 2.00 bits per heavy atom. The van der Waals surface area contributed by atoms with Crippen LogP contribution >= 0.6 is 0 Å². The molecule has 0 spiro atoms. The first kappa shape index (κ1) is 19.8. The lowest BCUT2D eigenvalue weighted by Crippen LogP contribution is -2.34. The van der Waals surface area contributed by atoms with Gasteiger partial charge in [0.15, 0.2) is 0 Å². The molecule has 0 saturated carbocycles. The van der Waals surface area contributed by atoms with E-state index in [9.17, 15) is 0 Å². The fourth-order valence-electron chi connectivity index (χ4n) is 3.73. The van der Waals surface area contributed by atoms with Crippen molar-refractivity contribution in [3.63, 3.8) is 0 Å². The molecule has 1 aliphatic rings. The minimum atomic E-state index is 0.279. The van der Waals surface area contributed by atoms with Gasteiger partial charge in [-0.3, -0.25) is 0 Å². The van der Waals surface area contributed by atoms with Gasteiger partial charge in [0.1, 0.15) is 0 Å². The quantitative estimate of drug-likeness (QED) is 0.504. The fourth-order valence-corrected chi connectivity index (χ4v) is 3.73. The van der Waals surface area contributed by atoms with Crippen molar-refractivity contribution in [3.05, 3.63) is 69.8 Å². The normalized spacial score (nSPS) is 19.5. The third-order valence-corrected chi connectivity index (χ3v) is 6.07. The number of hydrogen-bond acceptors (Lipinski definition) is 0. The maximum absolute atomic E-state index is 4.01. The Kier molecular flexibility index (Phi) is 5.52. The molecule has 0 N–H and O–H groups in total. The summed E-state index contributed by atoms with van der Waals surface area (Å²) in [6, 6.07) is 4.96. The molecule has 1 aromatic rings. The van der Waals surface area contributed by atoms with Gasteiger partial charge in [-0.05, 0) is 85.6 Å². The molecule has 0 radical (unpaired) electrons.